The Morgan fingerprint density at radius 1 is 1.38 bits per heavy atom. The van der Waals surface area contributed by atoms with E-state index in [0.717, 1.165) is 0 Å². The third-order valence-electron chi connectivity index (χ3n) is 3.94. The second kappa shape index (κ2) is 5.97. The Kier molecular flexibility index (Phi) is 4.46. The van der Waals surface area contributed by atoms with Crippen LogP contribution in [0.2, 0.25) is 0 Å². The summed E-state index contributed by atoms with van der Waals surface area (Å²) in [5.74, 6) is -0.308. The zero-order valence-corrected chi connectivity index (χ0v) is 12.3. The molecule has 2 N–H and O–H groups in total. The van der Waals surface area contributed by atoms with Gasteiger partial charge in [-0.05, 0) is 25.2 Å². The minimum Gasteiger partial charge on any atom is -0.484 e. The Hall–Kier alpha value is -1.69. The van der Waals surface area contributed by atoms with E-state index in [2.05, 4.69) is 5.32 Å². The first-order valence-corrected chi connectivity index (χ1v) is 7.20. The minimum atomic E-state index is -0.946. The van der Waals surface area contributed by atoms with E-state index in [1.807, 2.05) is 6.92 Å². The normalized spacial score (nSPS) is 28.1. The first-order chi connectivity index (χ1) is 9.82. The number of aliphatic hydroxyl groups is 1. The van der Waals surface area contributed by atoms with Gasteiger partial charge in [-0.15, -0.1) is 0 Å². The van der Waals surface area contributed by atoms with Crippen LogP contribution >= 0.6 is 0 Å². The predicted molar refractivity (Wildman–Crippen MR) is 73.9 cm³/mol. The molecule has 0 unspecified atom stereocenters. The van der Waals surface area contributed by atoms with Gasteiger partial charge in [-0.25, -0.2) is 0 Å². The Morgan fingerprint density at radius 2 is 2.00 bits per heavy atom. The molecule has 116 valence electrons. The van der Waals surface area contributed by atoms with Crippen molar-refractivity contribution < 1.29 is 24.2 Å². The molecule has 0 bridgehead atoms. The summed E-state index contributed by atoms with van der Waals surface area (Å²) < 4.78 is 5.76. The van der Waals surface area contributed by atoms with Crippen LogP contribution in [0.4, 0.5) is 0 Å². The smallest absolute Gasteiger partial charge is 0.226 e. The van der Waals surface area contributed by atoms with Gasteiger partial charge in [-0.1, -0.05) is 6.92 Å². The van der Waals surface area contributed by atoms with Gasteiger partial charge in [-0.2, -0.15) is 0 Å². The quantitative estimate of drug-likeness (QED) is 0.728. The average molecular weight is 295 g/mol. The van der Waals surface area contributed by atoms with Crippen molar-refractivity contribution in [2.45, 2.75) is 45.1 Å². The second-order valence-electron chi connectivity index (χ2n) is 6.25. The maximum Gasteiger partial charge on any atom is 0.226 e. The van der Waals surface area contributed by atoms with Crippen LogP contribution in [0.25, 0.3) is 0 Å². The molecule has 0 aromatic carbocycles. The summed E-state index contributed by atoms with van der Waals surface area (Å²) in [5.41, 5.74) is -0.946. The second-order valence-corrected chi connectivity index (χ2v) is 6.25. The van der Waals surface area contributed by atoms with E-state index in [1.165, 1.54) is 6.08 Å². The van der Waals surface area contributed by atoms with Crippen molar-refractivity contribution in [1.29, 1.82) is 0 Å². The summed E-state index contributed by atoms with van der Waals surface area (Å²) >= 11 is 0. The van der Waals surface area contributed by atoms with Gasteiger partial charge in [0.15, 0.2) is 5.60 Å². The van der Waals surface area contributed by atoms with Gasteiger partial charge in [0.25, 0.3) is 0 Å². The van der Waals surface area contributed by atoms with Crippen molar-refractivity contribution in [3.8, 4) is 0 Å². The number of ether oxygens (including phenoxy) is 1. The first kappa shape index (κ1) is 15.7. The molecule has 2 heterocycles. The van der Waals surface area contributed by atoms with Gasteiger partial charge < -0.3 is 9.84 Å². The van der Waals surface area contributed by atoms with E-state index in [4.69, 9.17) is 9.84 Å². The monoisotopic (exact) mass is 295 g/mol. The Bertz CT molecular complexity index is 482. The predicted octanol–water partition coefficient (Wildman–Crippen LogP) is 0.690. The van der Waals surface area contributed by atoms with Gasteiger partial charge >= 0.3 is 0 Å². The average Bonchev–Trinajstić information content (AvgIpc) is 2.62. The van der Waals surface area contributed by atoms with E-state index < -0.39 is 5.60 Å². The van der Waals surface area contributed by atoms with Crippen LogP contribution in [0, 0.1) is 11.8 Å². The number of nitrogens with one attached hydrogen (secondary N) is 1. The number of imide groups is 1. The lowest BCUT2D eigenvalue weighted by Crippen LogP contribution is -2.39. The molecular formula is C15H21NO5. The summed E-state index contributed by atoms with van der Waals surface area (Å²) in [6.45, 7) is 3.56. The molecule has 2 aliphatic rings. The molecule has 2 atom stereocenters. The van der Waals surface area contributed by atoms with Crippen molar-refractivity contribution in [2.75, 3.05) is 6.61 Å². The summed E-state index contributed by atoms with van der Waals surface area (Å²) in [4.78, 5) is 34.8. The summed E-state index contributed by atoms with van der Waals surface area (Å²) in [6.07, 6.45) is 2.84. The molecule has 2 aliphatic heterocycles. The van der Waals surface area contributed by atoms with Crippen LogP contribution in [-0.2, 0) is 19.1 Å². The van der Waals surface area contributed by atoms with Gasteiger partial charge in [-0.3, -0.25) is 19.7 Å². The highest BCUT2D eigenvalue weighted by molar-refractivity contribution is 5.99. The maximum absolute atomic E-state index is 12.1. The molecule has 1 fully saturated rings. The van der Waals surface area contributed by atoms with Crippen molar-refractivity contribution >= 4 is 17.6 Å². The molecule has 21 heavy (non-hydrogen) atoms. The van der Waals surface area contributed by atoms with Crippen LogP contribution in [0.15, 0.2) is 11.8 Å². The number of hydrogen-bond acceptors (Lipinski definition) is 5. The molecule has 0 spiro atoms. The Labute approximate surface area is 123 Å². The van der Waals surface area contributed by atoms with Crippen LogP contribution in [0.1, 0.15) is 39.5 Å². The number of piperidine rings is 1. The van der Waals surface area contributed by atoms with Crippen LogP contribution < -0.4 is 5.32 Å². The van der Waals surface area contributed by atoms with E-state index in [-0.39, 0.29) is 48.9 Å². The highest BCUT2D eigenvalue weighted by Gasteiger charge is 2.41. The van der Waals surface area contributed by atoms with E-state index in [9.17, 15) is 14.4 Å². The maximum atomic E-state index is 12.1. The Morgan fingerprint density at radius 3 is 2.57 bits per heavy atom. The Balaban J connectivity index is 1.97. The third-order valence-corrected chi connectivity index (χ3v) is 3.94. The summed E-state index contributed by atoms with van der Waals surface area (Å²) in [7, 11) is 0. The SMILES string of the molecule is C[C@H](CO)C[C@@]1(C)OC(CC2CC(=O)NC(=O)C2)=CC1=O. The number of amides is 2. The van der Waals surface area contributed by atoms with Crippen molar-refractivity contribution in [3.05, 3.63) is 11.8 Å². The van der Waals surface area contributed by atoms with Crippen molar-refractivity contribution in [1.82, 2.24) is 5.32 Å². The zero-order chi connectivity index (χ0) is 15.6. The molecule has 1 saturated heterocycles. The number of ketones is 1. The van der Waals surface area contributed by atoms with Gasteiger partial charge in [0.05, 0.1) is 0 Å². The molecular weight excluding hydrogens is 274 g/mol. The zero-order valence-electron chi connectivity index (χ0n) is 12.3. The lowest BCUT2D eigenvalue weighted by atomic mass is 9.90. The van der Waals surface area contributed by atoms with E-state index in [1.54, 1.807) is 6.92 Å². The van der Waals surface area contributed by atoms with E-state index in [0.29, 0.717) is 18.6 Å². The lowest BCUT2D eigenvalue weighted by Gasteiger charge is -2.27. The molecule has 2 rings (SSSR count). The third kappa shape index (κ3) is 3.69. The molecule has 2 amide bonds. The van der Waals surface area contributed by atoms with E-state index >= 15 is 0 Å². The highest BCUT2D eigenvalue weighted by atomic mass is 16.5. The number of aliphatic hydroxyl groups excluding tert-OH is 1. The van der Waals surface area contributed by atoms with Gasteiger partial charge in [0.1, 0.15) is 5.76 Å². The van der Waals surface area contributed by atoms with Crippen molar-refractivity contribution in [2.24, 2.45) is 11.8 Å². The topological polar surface area (TPSA) is 92.7 Å². The van der Waals surface area contributed by atoms with Crippen LogP contribution in [0.3, 0.4) is 0 Å². The number of carbonyl (C=O) groups excluding carboxylic acids is 3. The van der Waals surface area contributed by atoms with Gasteiger partial charge in [0.2, 0.25) is 17.6 Å². The number of rotatable bonds is 5. The molecule has 6 heteroatoms. The molecule has 0 aliphatic carbocycles. The van der Waals surface area contributed by atoms with Crippen molar-refractivity contribution in [3.63, 3.8) is 0 Å². The standard InChI is InChI=1S/C15H21NO5/c1-9(8-17)7-15(2)12(18)6-11(21-15)3-10-4-13(19)16-14(20)5-10/h6,9-10,17H,3-5,7-8H2,1-2H3,(H,16,19,20)/t9-,15+/m0/s1. The summed E-state index contributed by atoms with van der Waals surface area (Å²) in [6, 6.07) is 0. The summed E-state index contributed by atoms with van der Waals surface area (Å²) in [5, 5.41) is 11.4. The number of carbonyl (C=O) groups is 3. The largest absolute Gasteiger partial charge is 0.484 e. The fraction of sp³-hybridized carbons (Fsp3) is 0.667. The minimum absolute atomic E-state index is 0.00113. The number of allylic oxidation sites excluding steroid dienone is 1. The molecule has 0 aromatic heterocycles. The van der Waals surface area contributed by atoms with Crippen LogP contribution in [0.5, 0.6) is 0 Å². The molecule has 6 nitrogen and oxygen atoms in total. The lowest BCUT2D eigenvalue weighted by molar-refractivity contribution is -0.135. The fourth-order valence-corrected chi connectivity index (χ4v) is 2.92. The van der Waals surface area contributed by atoms with Gasteiger partial charge in [0, 0.05) is 31.9 Å². The first-order valence-electron chi connectivity index (χ1n) is 7.20. The molecule has 0 saturated carbocycles. The highest BCUT2D eigenvalue weighted by Crippen LogP contribution is 2.35. The fourth-order valence-electron chi connectivity index (χ4n) is 2.92. The van der Waals surface area contributed by atoms with Crippen LogP contribution in [-0.4, -0.2) is 34.9 Å². The molecule has 0 aromatic rings. The molecule has 0 radical (unpaired) electrons. The number of hydrogen-bond donors (Lipinski definition) is 2.